The van der Waals surface area contributed by atoms with E-state index in [-0.39, 0.29) is 3.44 Å². The molecule has 0 heterocycles. The molecular formula is C5H8ClO4Tl. The molecule has 0 atom stereocenters. The van der Waals surface area contributed by atoms with Crippen LogP contribution in [0.25, 0.3) is 0 Å². The first-order chi connectivity index (χ1) is 5.06. The number of carbonyl (C=O) groups is 2. The average Bonchev–Trinajstić information content (AvgIpc) is 1.84. The zero-order chi connectivity index (χ0) is 8.85. The summed E-state index contributed by atoms with van der Waals surface area (Å²) in [5.74, 6) is -0.864. The van der Waals surface area contributed by atoms with Crippen LogP contribution in [-0.4, -0.2) is 39.0 Å². The van der Waals surface area contributed by atoms with Crippen LogP contribution >= 0.6 is 11.6 Å². The Balaban J connectivity index is 3.76. The van der Waals surface area contributed by atoms with Gasteiger partial charge >= 0.3 is 79.4 Å². The van der Waals surface area contributed by atoms with Crippen LogP contribution in [0.3, 0.4) is 0 Å². The third-order valence-corrected chi connectivity index (χ3v) is 8.54. The molecule has 0 unspecified atom stereocenters. The summed E-state index contributed by atoms with van der Waals surface area (Å²) in [6.07, 6.45) is 0. The van der Waals surface area contributed by atoms with E-state index in [1.165, 1.54) is 13.8 Å². The molecule has 0 saturated carbocycles. The predicted octanol–water partition coefficient (Wildman–Crippen LogP) is 0.379. The second-order valence-electron chi connectivity index (χ2n) is 1.80. The molecule has 0 aliphatic heterocycles. The van der Waals surface area contributed by atoms with Crippen LogP contribution in [0.5, 0.6) is 0 Å². The molecule has 0 spiro atoms. The van der Waals surface area contributed by atoms with Crippen LogP contribution in [0.1, 0.15) is 13.8 Å². The van der Waals surface area contributed by atoms with Gasteiger partial charge in [0, 0.05) is 0 Å². The Morgan fingerprint density at radius 3 is 1.82 bits per heavy atom. The van der Waals surface area contributed by atoms with Gasteiger partial charge in [-0.3, -0.25) is 0 Å². The van der Waals surface area contributed by atoms with Gasteiger partial charge in [0.05, 0.1) is 0 Å². The Morgan fingerprint density at radius 2 is 1.64 bits per heavy atom. The van der Waals surface area contributed by atoms with Crippen molar-refractivity contribution in [3.05, 3.63) is 0 Å². The van der Waals surface area contributed by atoms with Gasteiger partial charge in [-0.15, -0.1) is 0 Å². The van der Waals surface area contributed by atoms with E-state index in [4.69, 9.17) is 17.0 Å². The number of alkyl halides is 1. The van der Waals surface area contributed by atoms with E-state index in [2.05, 4.69) is 0 Å². The molecule has 0 aromatic heterocycles. The number of hydrogen-bond donors (Lipinski definition) is 0. The van der Waals surface area contributed by atoms with Gasteiger partial charge in [-0.2, -0.15) is 0 Å². The van der Waals surface area contributed by atoms with Crippen molar-refractivity contribution in [3.63, 3.8) is 0 Å². The molecule has 0 N–H and O–H groups in total. The zero-order valence-corrected chi connectivity index (χ0v) is 11.5. The molecule has 0 fully saturated rings. The third-order valence-electron chi connectivity index (χ3n) is 0.721. The summed E-state index contributed by atoms with van der Waals surface area (Å²) in [6.45, 7) is 2.53. The van der Waals surface area contributed by atoms with Crippen molar-refractivity contribution in [2.24, 2.45) is 0 Å². The van der Waals surface area contributed by atoms with Crippen molar-refractivity contribution >= 4 is 47.1 Å². The van der Waals surface area contributed by atoms with E-state index in [1.54, 1.807) is 0 Å². The molecule has 11 heavy (non-hydrogen) atoms. The molecule has 4 nitrogen and oxygen atoms in total. The quantitative estimate of drug-likeness (QED) is 0.531. The molecule has 6 heteroatoms. The fourth-order valence-corrected chi connectivity index (χ4v) is 5.12. The molecule has 0 bridgehead atoms. The summed E-state index contributed by atoms with van der Waals surface area (Å²) in [6, 6.07) is 0. The Bertz CT molecular complexity index is 145. The Labute approximate surface area is 79.2 Å². The van der Waals surface area contributed by atoms with Gasteiger partial charge in [0.2, 0.25) is 0 Å². The van der Waals surface area contributed by atoms with Crippen LogP contribution in [0.4, 0.5) is 0 Å². The second kappa shape index (κ2) is 5.76. The summed E-state index contributed by atoms with van der Waals surface area (Å²) < 4.78 is 9.60. The van der Waals surface area contributed by atoms with Crippen LogP contribution in [0, 0.1) is 0 Å². The molecule has 0 rings (SSSR count). The summed E-state index contributed by atoms with van der Waals surface area (Å²) in [5, 5.41) is 0. The average molecular weight is 372 g/mol. The SMILES string of the molecule is CC(=O)[O][Tl]([CH2]Cl)[O]C(C)=O. The van der Waals surface area contributed by atoms with E-state index in [1.807, 2.05) is 0 Å². The first-order valence-corrected chi connectivity index (χ1v) is 10.3. The topological polar surface area (TPSA) is 52.6 Å². The normalized spacial score (nSPS) is 8.64. The summed E-state index contributed by atoms with van der Waals surface area (Å²) in [4.78, 5) is 20.8. The minimum absolute atomic E-state index is 0.166. The fourth-order valence-electron chi connectivity index (χ4n) is 0.457. The Hall–Kier alpha value is 0.152. The second-order valence-corrected chi connectivity index (χ2v) is 10.9. The van der Waals surface area contributed by atoms with Crippen molar-refractivity contribution in [1.82, 2.24) is 0 Å². The van der Waals surface area contributed by atoms with Crippen molar-refractivity contribution in [2.45, 2.75) is 13.8 Å². The van der Waals surface area contributed by atoms with Crippen LogP contribution < -0.4 is 0 Å². The third kappa shape index (κ3) is 6.55. The Morgan fingerprint density at radius 1 is 1.27 bits per heavy atom. The van der Waals surface area contributed by atoms with E-state index in [9.17, 15) is 9.59 Å². The molecular weight excluding hydrogens is 364 g/mol. The van der Waals surface area contributed by atoms with Crippen LogP contribution in [-0.2, 0) is 15.0 Å². The van der Waals surface area contributed by atoms with Crippen LogP contribution in [0.2, 0.25) is 0 Å². The van der Waals surface area contributed by atoms with Gasteiger partial charge in [-0.25, -0.2) is 0 Å². The van der Waals surface area contributed by atoms with E-state index >= 15 is 0 Å². The maximum absolute atomic E-state index is 10.4. The van der Waals surface area contributed by atoms with Gasteiger partial charge in [-0.1, -0.05) is 0 Å². The van der Waals surface area contributed by atoms with Crippen molar-refractivity contribution < 1.29 is 15.0 Å². The number of hydrogen-bond acceptors (Lipinski definition) is 4. The van der Waals surface area contributed by atoms with Gasteiger partial charge in [0.15, 0.2) is 0 Å². The minimum atomic E-state index is -3.04. The monoisotopic (exact) mass is 372 g/mol. The molecule has 0 aromatic rings. The number of halogens is 1. The fraction of sp³-hybridized carbons (Fsp3) is 0.600. The molecule has 0 aliphatic rings. The van der Waals surface area contributed by atoms with Gasteiger partial charge in [0.25, 0.3) is 0 Å². The molecule has 0 aromatic carbocycles. The standard InChI is InChI=1S/2C2H4O2.CH2Cl.Tl/c2*1-2(3)4;1-2;/h2*1H3,(H,3,4);1H2;/q;;;+2/p-2. The van der Waals surface area contributed by atoms with Crippen molar-refractivity contribution in [2.75, 3.05) is 3.44 Å². The number of carbonyl (C=O) groups excluding carboxylic acids is 2. The Kier molecular flexibility index (Phi) is 5.84. The zero-order valence-electron chi connectivity index (χ0n) is 6.30. The first kappa shape index (κ1) is 11.2. The van der Waals surface area contributed by atoms with Crippen molar-refractivity contribution in [1.29, 1.82) is 0 Å². The molecule has 0 saturated heterocycles. The van der Waals surface area contributed by atoms with E-state index in [0.717, 1.165) is 0 Å². The van der Waals surface area contributed by atoms with Gasteiger partial charge < -0.3 is 0 Å². The summed E-state index contributed by atoms with van der Waals surface area (Å²) >= 11 is 2.36. The predicted molar refractivity (Wildman–Crippen MR) is 40.0 cm³/mol. The molecule has 62 valence electrons. The van der Waals surface area contributed by atoms with Gasteiger partial charge in [0.1, 0.15) is 0 Å². The van der Waals surface area contributed by atoms with E-state index in [0.29, 0.717) is 0 Å². The molecule has 0 aliphatic carbocycles. The maximum atomic E-state index is 10.4. The summed E-state index contributed by atoms with van der Waals surface area (Å²) in [7, 11) is 0. The first-order valence-electron chi connectivity index (χ1n) is 2.96. The molecule has 0 amide bonds. The van der Waals surface area contributed by atoms with Crippen molar-refractivity contribution in [3.8, 4) is 0 Å². The molecule has 0 radical (unpaired) electrons. The van der Waals surface area contributed by atoms with Gasteiger partial charge in [-0.05, 0) is 0 Å². The number of rotatable bonds is 3. The summed E-state index contributed by atoms with van der Waals surface area (Å²) in [5.41, 5.74) is 0. The van der Waals surface area contributed by atoms with E-state index < -0.39 is 35.5 Å². The van der Waals surface area contributed by atoms with Crippen LogP contribution in [0.15, 0.2) is 0 Å².